The highest BCUT2D eigenvalue weighted by molar-refractivity contribution is 7.90. The average Bonchev–Trinajstić information content (AvgIpc) is 2.54. The molecule has 2 aromatic carbocycles. The number of rotatable bonds is 5. The summed E-state index contributed by atoms with van der Waals surface area (Å²) in [6.45, 7) is 2.77. The third kappa shape index (κ3) is 4.50. The first-order chi connectivity index (χ1) is 11.2. The fourth-order valence-corrected chi connectivity index (χ4v) is 3.16. The van der Waals surface area contributed by atoms with Crippen molar-refractivity contribution in [2.75, 3.05) is 12.8 Å². The minimum Gasteiger partial charge on any atom is -0.335 e. The predicted molar refractivity (Wildman–Crippen MR) is 96.4 cm³/mol. The summed E-state index contributed by atoms with van der Waals surface area (Å²) in [6.07, 6.45) is 1.13. The molecule has 128 valence electrons. The summed E-state index contributed by atoms with van der Waals surface area (Å²) in [5.74, 6) is -0.177. The van der Waals surface area contributed by atoms with Gasteiger partial charge in [-0.2, -0.15) is 0 Å². The van der Waals surface area contributed by atoms with E-state index in [1.165, 1.54) is 24.3 Å². The van der Waals surface area contributed by atoms with Crippen LogP contribution < -0.4 is 0 Å². The van der Waals surface area contributed by atoms with Crippen molar-refractivity contribution >= 4 is 38.9 Å². The zero-order valence-corrected chi connectivity index (χ0v) is 15.6. The minimum absolute atomic E-state index is 0.177. The molecule has 0 aliphatic carbocycles. The molecule has 1 amide bonds. The van der Waals surface area contributed by atoms with Crippen molar-refractivity contribution in [1.82, 2.24) is 4.90 Å². The van der Waals surface area contributed by atoms with Crippen LogP contribution in [0.1, 0.15) is 22.8 Å². The molecule has 0 aliphatic heterocycles. The second-order valence-electron chi connectivity index (χ2n) is 5.36. The smallest absolute Gasteiger partial charge is 0.254 e. The van der Waals surface area contributed by atoms with Gasteiger partial charge in [0.15, 0.2) is 9.84 Å². The molecule has 0 bridgehead atoms. The zero-order chi connectivity index (χ0) is 17.9. The Balaban J connectivity index is 2.20. The van der Waals surface area contributed by atoms with Crippen LogP contribution in [0.3, 0.4) is 0 Å². The van der Waals surface area contributed by atoms with Gasteiger partial charge in [0, 0.05) is 24.9 Å². The normalized spacial score (nSPS) is 11.3. The molecule has 0 saturated carbocycles. The lowest BCUT2D eigenvalue weighted by Crippen LogP contribution is -2.30. The van der Waals surface area contributed by atoms with Crippen LogP contribution in [0.15, 0.2) is 47.4 Å². The highest BCUT2D eigenvalue weighted by atomic mass is 35.5. The molecule has 0 unspecified atom stereocenters. The molecule has 4 nitrogen and oxygen atoms in total. The molecule has 0 radical (unpaired) electrons. The van der Waals surface area contributed by atoms with E-state index in [0.717, 1.165) is 11.8 Å². The van der Waals surface area contributed by atoms with E-state index in [9.17, 15) is 13.2 Å². The van der Waals surface area contributed by atoms with Crippen LogP contribution in [0.5, 0.6) is 0 Å². The van der Waals surface area contributed by atoms with Crippen LogP contribution in [0.25, 0.3) is 0 Å². The van der Waals surface area contributed by atoms with Gasteiger partial charge in [-0.15, -0.1) is 0 Å². The zero-order valence-electron chi connectivity index (χ0n) is 13.3. The molecular formula is C17H17Cl2NO3S. The third-order valence-corrected chi connectivity index (χ3v) is 5.42. The molecule has 0 saturated heterocycles. The first-order valence-electron chi connectivity index (χ1n) is 7.25. The van der Waals surface area contributed by atoms with Gasteiger partial charge in [-0.3, -0.25) is 4.79 Å². The highest BCUT2D eigenvalue weighted by Gasteiger charge is 2.16. The van der Waals surface area contributed by atoms with E-state index in [0.29, 0.717) is 28.7 Å². The number of sulfone groups is 1. The van der Waals surface area contributed by atoms with E-state index in [-0.39, 0.29) is 10.8 Å². The quantitative estimate of drug-likeness (QED) is 0.779. The second kappa shape index (κ2) is 7.55. The van der Waals surface area contributed by atoms with E-state index >= 15 is 0 Å². The second-order valence-corrected chi connectivity index (χ2v) is 8.19. The van der Waals surface area contributed by atoms with Gasteiger partial charge in [-0.1, -0.05) is 29.3 Å². The molecule has 2 aromatic rings. The van der Waals surface area contributed by atoms with Crippen molar-refractivity contribution in [2.45, 2.75) is 18.4 Å². The SMILES string of the molecule is CCN(Cc1ccc(Cl)c(Cl)c1)C(=O)c1ccc(S(C)(=O)=O)cc1. The Labute approximate surface area is 151 Å². The lowest BCUT2D eigenvalue weighted by molar-refractivity contribution is 0.0752. The summed E-state index contributed by atoms with van der Waals surface area (Å²) in [5, 5.41) is 0.904. The summed E-state index contributed by atoms with van der Waals surface area (Å²) in [4.78, 5) is 14.4. The van der Waals surface area contributed by atoms with Crippen molar-refractivity contribution in [3.63, 3.8) is 0 Å². The number of amides is 1. The van der Waals surface area contributed by atoms with Gasteiger partial charge >= 0.3 is 0 Å². The van der Waals surface area contributed by atoms with Crippen LogP contribution >= 0.6 is 23.2 Å². The van der Waals surface area contributed by atoms with E-state index in [1.807, 2.05) is 13.0 Å². The number of carbonyl (C=O) groups is 1. The minimum atomic E-state index is -3.28. The Morgan fingerprint density at radius 3 is 2.17 bits per heavy atom. The molecule has 2 rings (SSSR count). The van der Waals surface area contributed by atoms with Crippen LogP contribution in [-0.4, -0.2) is 32.0 Å². The van der Waals surface area contributed by atoms with Gasteiger partial charge in [0.25, 0.3) is 5.91 Å². The van der Waals surface area contributed by atoms with Gasteiger partial charge in [0.05, 0.1) is 14.9 Å². The topological polar surface area (TPSA) is 54.5 Å². The van der Waals surface area contributed by atoms with Crippen molar-refractivity contribution in [3.05, 3.63) is 63.6 Å². The largest absolute Gasteiger partial charge is 0.335 e. The predicted octanol–water partition coefficient (Wildman–Crippen LogP) is 4.06. The average molecular weight is 386 g/mol. The molecule has 0 aliphatic rings. The first kappa shape index (κ1) is 18.8. The van der Waals surface area contributed by atoms with Gasteiger partial charge in [-0.05, 0) is 48.9 Å². The Morgan fingerprint density at radius 1 is 1.04 bits per heavy atom. The first-order valence-corrected chi connectivity index (χ1v) is 9.90. The lowest BCUT2D eigenvalue weighted by atomic mass is 10.1. The monoisotopic (exact) mass is 385 g/mol. The number of hydrogen-bond donors (Lipinski definition) is 0. The van der Waals surface area contributed by atoms with Gasteiger partial charge in [0.2, 0.25) is 0 Å². The fourth-order valence-electron chi connectivity index (χ4n) is 2.21. The van der Waals surface area contributed by atoms with E-state index in [1.54, 1.807) is 17.0 Å². The van der Waals surface area contributed by atoms with Gasteiger partial charge in [0.1, 0.15) is 0 Å². The van der Waals surface area contributed by atoms with Crippen LogP contribution in [-0.2, 0) is 16.4 Å². The lowest BCUT2D eigenvalue weighted by Gasteiger charge is -2.21. The molecule has 24 heavy (non-hydrogen) atoms. The van der Waals surface area contributed by atoms with Crippen molar-refractivity contribution in [1.29, 1.82) is 0 Å². The molecule has 0 aromatic heterocycles. The van der Waals surface area contributed by atoms with Crippen molar-refractivity contribution in [2.24, 2.45) is 0 Å². The molecule has 7 heteroatoms. The molecule has 0 fully saturated rings. The maximum Gasteiger partial charge on any atom is 0.254 e. The van der Waals surface area contributed by atoms with Crippen molar-refractivity contribution < 1.29 is 13.2 Å². The van der Waals surface area contributed by atoms with Crippen LogP contribution in [0.4, 0.5) is 0 Å². The molecule has 0 N–H and O–H groups in total. The summed E-state index contributed by atoms with van der Waals surface area (Å²) >= 11 is 11.9. The molecule has 0 atom stereocenters. The Hall–Kier alpha value is -1.56. The third-order valence-electron chi connectivity index (χ3n) is 3.56. The number of nitrogens with zero attached hydrogens (tertiary/aromatic N) is 1. The summed E-state index contributed by atoms with van der Waals surface area (Å²) in [6, 6.07) is 11.2. The maximum atomic E-state index is 12.6. The van der Waals surface area contributed by atoms with E-state index < -0.39 is 9.84 Å². The van der Waals surface area contributed by atoms with E-state index in [2.05, 4.69) is 0 Å². The number of carbonyl (C=O) groups excluding carboxylic acids is 1. The van der Waals surface area contributed by atoms with Crippen molar-refractivity contribution in [3.8, 4) is 0 Å². The summed E-state index contributed by atoms with van der Waals surface area (Å²) < 4.78 is 23.0. The molecule has 0 heterocycles. The van der Waals surface area contributed by atoms with E-state index in [4.69, 9.17) is 23.2 Å². The summed E-state index contributed by atoms with van der Waals surface area (Å²) in [7, 11) is -3.28. The van der Waals surface area contributed by atoms with Crippen LogP contribution in [0, 0.1) is 0 Å². The Morgan fingerprint density at radius 2 is 1.67 bits per heavy atom. The van der Waals surface area contributed by atoms with Crippen LogP contribution in [0.2, 0.25) is 10.0 Å². The number of hydrogen-bond acceptors (Lipinski definition) is 3. The Bertz CT molecular complexity index is 849. The number of benzene rings is 2. The maximum absolute atomic E-state index is 12.6. The highest BCUT2D eigenvalue weighted by Crippen LogP contribution is 2.23. The van der Waals surface area contributed by atoms with Gasteiger partial charge < -0.3 is 4.90 Å². The Kier molecular flexibility index (Phi) is 5.91. The molecular weight excluding hydrogens is 369 g/mol. The number of halogens is 2. The fraction of sp³-hybridized carbons (Fsp3) is 0.235. The summed E-state index contributed by atoms with van der Waals surface area (Å²) in [5.41, 5.74) is 1.30. The molecule has 0 spiro atoms. The van der Waals surface area contributed by atoms with Gasteiger partial charge in [-0.25, -0.2) is 8.42 Å². The standard InChI is InChI=1S/C17H17Cl2NO3S/c1-3-20(11-12-4-9-15(18)16(19)10-12)17(21)13-5-7-14(8-6-13)24(2,22)23/h4-10H,3,11H2,1-2H3.